The molecule has 0 atom stereocenters. The van der Waals surface area contributed by atoms with Crippen LogP contribution in [-0.2, 0) is 0 Å². The Bertz CT molecular complexity index is 612. The molecule has 2 rings (SSSR count). The molecular formula is C11H7ClN2O3S. The van der Waals surface area contributed by atoms with Crippen molar-refractivity contribution in [1.29, 1.82) is 0 Å². The summed E-state index contributed by atoms with van der Waals surface area (Å²) < 4.78 is 0. The Morgan fingerprint density at radius 3 is 2.78 bits per heavy atom. The van der Waals surface area contributed by atoms with Crippen LogP contribution in [0.3, 0.4) is 0 Å². The molecule has 1 aromatic heterocycles. The topological polar surface area (TPSA) is 72.2 Å². The number of non-ortho nitro benzene ring substituents is 1. The maximum Gasteiger partial charge on any atom is 0.271 e. The average molecular weight is 283 g/mol. The molecule has 0 unspecified atom stereocenters. The standard InChI is InChI=1S/C11H7ClN2O3S/c12-9-4-5-18-10(9)11(15)13-7-2-1-3-8(6-7)14(16)17/h1-6H,(H,13,15). The molecule has 0 aliphatic rings. The maximum atomic E-state index is 11.8. The lowest BCUT2D eigenvalue weighted by Crippen LogP contribution is -2.10. The fourth-order valence-electron chi connectivity index (χ4n) is 1.34. The Morgan fingerprint density at radius 1 is 1.39 bits per heavy atom. The molecule has 0 aliphatic heterocycles. The largest absolute Gasteiger partial charge is 0.321 e. The molecule has 0 saturated heterocycles. The summed E-state index contributed by atoms with van der Waals surface area (Å²) in [6.07, 6.45) is 0. The van der Waals surface area contributed by atoms with E-state index in [0.29, 0.717) is 15.6 Å². The first-order chi connectivity index (χ1) is 8.58. The summed E-state index contributed by atoms with van der Waals surface area (Å²) in [6, 6.07) is 7.35. The molecule has 0 bridgehead atoms. The first-order valence-corrected chi connectivity index (χ1v) is 6.12. The quantitative estimate of drug-likeness (QED) is 0.691. The van der Waals surface area contributed by atoms with Gasteiger partial charge in [0.15, 0.2) is 0 Å². The Balaban J connectivity index is 2.20. The van der Waals surface area contributed by atoms with Crippen molar-refractivity contribution in [3.8, 4) is 0 Å². The van der Waals surface area contributed by atoms with Crippen molar-refractivity contribution in [3.05, 3.63) is 55.7 Å². The van der Waals surface area contributed by atoms with Gasteiger partial charge in [0.05, 0.1) is 9.95 Å². The first-order valence-electron chi connectivity index (χ1n) is 4.87. The molecule has 1 amide bonds. The lowest BCUT2D eigenvalue weighted by atomic mass is 10.3. The maximum absolute atomic E-state index is 11.8. The highest BCUT2D eigenvalue weighted by Gasteiger charge is 2.13. The van der Waals surface area contributed by atoms with Crippen molar-refractivity contribution in [3.63, 3.8) is 0 Å². The number of carbonyl (C=O) groups excluding carboxylic acids is 1. The number of thiophene rings is 1. The van der Waals surface area contributed by atoms with Crippen LogP contribution in [0.25, 0.3) is 0 Å². The van der Waals surface area contributed by atoms with Gasteiger partial charge in [-0.2, -0.15) is 0 Å². The van der Waals surface area contributed by atoms with Gasteiger partial charge in [0.2, 0.25) is 0 Å². The third kappa shape index (κ3) is 2.66. The van der Waals surface area contributed by atoms with Crippen LogP contribution in [-0.4, -0.2) is 10.8 Å². The highest BCUT2D eigenvalue weighted by atomic mass is 35.5. The molecule has 0 spiro atoms. The minimum atomic E-state index is -0.520. The van der Waals surface area contributed by atoms with E-state index in [-0.39, 0.29) is 11.6 Å². The smallest absolute Gasteiger partial charge is 0.271 e. The minimum absolute atomic E-state index is 0.0786. The molecule has 2 aromatic rings. The zero-order chi connectivity index (χ0) is 13.1. The zero-order valence-corrected chi connectivity index (χ0v) is 10.5. The monoisotopic (exact) mass is 282 g/mol. The summed E-state index contributed by atoms with van der Waals surface area (Å²) in [5.41, 5.74) is 0.281. The fourth-order valence-corrected chi connectivity index (χ4v) is 2.38. The number of carbonyl (C=O) groups is 1. The van der Waals surface area contributed by atoms with Gasteiger partial charge >= 0.3 is 0 Å². The van der Waals surface area contributed by atoms with Crippen LogP contribution in [0.1, 0.15) is 9.67 Å². The predicted molar refractivity (Wildman–Crippen MR) is 70.4 cm³/mol. The second-order valence-electron chi connectivity index (χ2n) is 3.36. The second-order valence-corrected chi connectivity index (χ2v) is 4.68. The van der Waals surface area contributed by atoms with E-state index in [0.717, 1.165) is 0 Å². The van der Waals surface area contributed by atoms with Crippen LogP contribution in [0.15, 0.2) is 35.7 Å². The number of amides is 1. The fraction of sp³-hybridized carbons (Fsp3) is 0. The summed E-state index contributed by atoms with van der Waals surface area (Å²) in [6.45, 7) is 0. The Hall–Kier alpha value is -1.92. The van der Waals surface area contributed by atoms with E-state index in [2.05, 4.69) is 5.32 Å². The number of rotatable bonds is 3. The lowest BCUT2D eigenvalue weighted by Gasteiger charge is -2.03. The molecule has 1 aromatic carbocycles. The SMILES string of the molecule is O=C(Nc1cccc([N+](=O)[O-])c1)c1sccc1Cl. The molecule has 5 nitrogen and oxygen atoms in total. The molecule has 0 radical (unpaired) electrons. The van der Waals surface area contributed by atoms with Gasteiger partial charge in [-0.05, 0) is 17.5 Å². The molecule has 0 fully saturated rings. The summed E-state index contributed by atoms with van der Waals surface area (Å²) in [5.74, 6) is -0.379. The number of anilines is 1. The number of hydrogen-bond donors (Lipinski definition) is 1. The normalized spacial score (nSPS) is 10.1. The van der Waals surface area contributed by atoms with Gasteiger partial charge in [0, 0.05) is 17.8 Å². The highest BCUT2D eigenvalue weighted by Crippen LogP contribution is 2.24. The van der Waals surface area contributed by atoms with Crippen molar-refractivity contribution < 1.29 is 9.72 Å². The Morgan fingerprint density at radius 2 is 2.17 bits per heavy atom. The van der Waals surface area contributed by atoms with E-state index in [1.54, 1.807) is 17.5 Å². The van der Waals surface area contributed by atoms with Crippen molar-refractivity contribution in [2.45, 2.75) is 0 Å². The number of nitro benzene ring substituents is 1. The van der Waals surface area contributed by atoms with Crippen LogP contribution in [0.5, 0.6) is 0 Å². The van der Waals surface area contributed by atoms with E-state index in [1.807, 2.05) is 0 Å². The van der Waals surface area contributed by atoms with E-state index in [1.165, 1.54) is 29.5 Å². The molecule has 18 heavy (non-hydrogen) atoms. The van der Waals surface area contributed by atoms with Gasteiger partial charge in [-0.15, -0.1) is 11.3 Å². The van der Waals surface area contributed by atoms with Gasteiger partial charge < -0.3 is 5.32 Å². The first kappa shape index (κ1) is 12.5. The third-order valence-electron chi connectivity index (χ3n) is 2.14. The van der Waals surface area contributed by atoms with E-state index >= 15 is 0 Å². The molecule has 0 saturated carbocycles. The van der Waals surface area contributed by atoms with Crippen LogP contribution in [0.4, 0.5) is 11.4 Å². The van der Waals surface area contributed by atoms with Crippen molar-refractivity contribution in [2.24, 2.45) is 0 Å². The molecule has 1 N–H and O–H groups in total. The van der Waals surface area contributed by atoms with E-state index < -0.39 is 4.92 Å². The number of hydrogen-bond acceptors (Lipinski definition) is 4. The van der Waals surface area contributed by atoms with E-state index in [4.69, 9.17) is 11.6 Å². The number of halogens is 1. The highest BCUT2D eigenvalue weighted by molar-refractivity contribution is 7.12. The molecule has 92 valence electrons. The lowest BCUT2D eigenvalue weighted by molar-refractivity contribution is -0.384. The molecule has 1 heterocycles. The van der Waals surface area contributed by atoms with Crippen LogP contribution in [0, 0.1) is 10.1 Å². The van der Waals surface area contributed by atoms with Crippen molar-refractivity contribution in [1.82, 2.24) is 0 Å². The summed E-state index contributed by atoms with van der Waals surface area (Å²) in [7, 11) is 0. The summed E-state index contributed by atoms with van der Waals surface area (Å²) in [5, 5.41) is 15.2. The number of nitro groups is 1. The average Bonchev–Trinajstić information content (AvgIpc) is 2.76. The Kier molecular flexibility index (Phi) is 3.59. The number of nitrogens with zero attached hydrogens (tertiary/aromatic N) is 1. The third-order valence-corrected chi connectivity index (χ3v) is 3.48. The number of benzene rings is 1. The van der Waals surface area contributed by atoms with Crippen LogP contribution < -0.4 is 5.32 Å². The van der Waals surface area contributed by atoms with Gasteiger partial charge in [-0.1, -0.05) is 17.7 Å². The minimum Gasteiger partial charge on any atom is -0.321 e. The van der Waals surface area contributed by atoms with Gasteiger partial charge in [-0.3, -0.25) is 14.9 Å². The van der Waals surface area contributed by atoms with Crippen LogP contribution >= 0.6 is 22.9 Å². The number of nitrogens with one attached hydrogen (secondary N) is 1. The molecular weight excluding hydrogens is 276 g/mol. The molecule has 7 heteroatoms. The second kappa shape index (κ2) is 5.16. The van der Waals surface area contributed by atoms with Crippen molar-refractivity contribution in [2.75, 3.05) is 5.32 Å². The zero-order valence-electron chi connectivity index (χ0n) is 8.92. The molecule has 0 aliphatic carbocycles. The predicted octanol–water partition coefficient (Wildman–Crippen LogP) is 3.56. The summed E-state index contributed by atoms with van der Waals surface area (Å²) >= 11 is 7.03. The Labute approximate surface area is 111 Å². The van der Waals surface area contributed by atoms with Gasteiger partial charge in [0.1, 0.15) is 4.88 Å². The van der Waals surface area contributed by atoms with E-state index in [9.17, 15) is 14.9 Å². The van der Waals surface area contributed by atoms with Crippen molar-refractivity contribution >= 4 is 40.2 Å². The van der Waals surface area contributed by atoms with Gasteiger partial charge in [0.25, 0.3) is 11.6 Å². The van der Waals surface area contributed by atoms with Gasteiger partial charge in [-0.25, -0.2) is 0 Å². The van der Waals surface area contributed by atoms with Crippen LogP contribution in [0.2, 0.25) is 5.02 Å². The summed E-state index contributed by atoms with van der Waals surface area (Å²) in [4.78, 5) is 22.3.